The largest absolute Gasteiger partial charge is 0.453 e. The van der Waals surface area contributed by atoms with Crippen LogP contribution in [-0.2, 0) is 4.74 Å². The van der Waals surface area contributed by atoms with Gasteiger partial charge in [-0.15, -0.1) is 0 Å². The SMILES string of the molecule is COC(=O)NC1CCN(c2ccc(F)cc2[C@@H](C)N)C1. The standard InChI is InChI=1S/C14H20FN3O2/c1-9(16)12-7-10(15)3-4-13(12)18-6-5-11(8-18)17-14(19)20-2/h3-4,7,9,11H,5-6,8,16H2,1-2H3,(H,17,19)/t9-,11?/m1/s1. The maximum Gasteiger partial charge on any atom is 0.407 e. The number of anilines is 1. The van der Waals surface area contributed by atoms with Crippen molar-refractivity contribution >= 4 is 11.8 Å². The van der Waals surface area contributed by atoms with E-state index in [0.29, 0.717) is 6.54 Å². The van der Waals surface area contributed by atoms with Gasteiger partial charge in [-0.3, -0.25) is 0 Å². The van der Waals surface area contributed by atoms with Crippen molar-refractivity contribution in [1.29, 1.82) is 0 Å². The van der Waals surface area contributed by atoms with Crippen LogP contribution >= 0.6 is 0 Å². The van der Waals surface area contributed by atoms with E-state index in [9.17, 15) is 9.18 Å². The first-order chi connectivity index (χ1) is 9.51. The van der Waals surface area contributed by atoms with E-state index in [-0.39, 0.29) is 17.9 Å². The molecule has 20 heavy (non-hydrogen) atoms. The molecule has 2 atom stereocenters. The van der Waals surface area contributed by atoms with Crippen molar-refractivity contribution in [2.75, 3.05) is 25.1 Å². The summed E-state index contributed by atoms with van der Waals surface area (Å²) in [5.41, 5.74) is 7.61. The van der Waals surface area contributed by atoms with Crippen LogP contribution < -0.4 is 16.0 Å². The van der Waals surface area contributed by atoms with Crippen LogP contribution in [0.1, 0.15) is 24.9 Å². The molecule has 1 heterocycles. The van der Waals surface area contributed by atoms with Crippen molar-refractivity contribution < 1.29 is 13.9 Å². The summed E-state index contributed by atoms with van der Waals surface area (Å²) in [5, 5.41) is 2.78. The summed E-state index contributed by atoms with van der Waals surface area (Å²) in [6, 6.07) is 4.44. The van der Waals surface area contributed by atoms with E-state index < -0.39 is 6.09 Å². The molecule has 1 fully saturated rings. The molecule has 1 aromatic carbocycles. The Morgan fingerprint density at radius 1 is 1.60 bits per heavy atom. The summed E-state index contributed by atoms with van der Waals surface area (Å²) in [6.45, 7) is 3.29. The highest BCUT2D eigenvalue weighted by Crippen LogP contribution is 2.29. The number of halogens is 1. The highest BCUT2D eigenvalue weighted by atomic mass is 19.1. The van der Waals surface area contributed by atoms with Crippen LogP contribution in [0.15, 0.2) is 18.2 Å². The third-order valence-corrected chi connectivity index (χ3v) is 3.52. The minimum atomic E-state index is -0.427. The molecule has 0 radical (unpaired) electrons. The number of rotatable bonds is 3. The first-order valence-corrected chi connectivity index (χ1v) is 6.65. The third-order valence-electron chi connectivity index (χ3n) is 3.52. The second-order valence-electron chi connectivity index (χ2n) is 5.06. The summed E-state index contributed by atoms with van der Waals surface area (Å²) in [6.07, 6.45) is 0.397. The van der Waals surface area contributed by atoms with Crippen LogP contribution in [0, 0.1) is 5.82 Å². The highest BCUT2D eigenvalue weighted by molar-refractivity contribution is 5.67. The Labute approximate surface area is 117 Å². The Bertz CT molecular complexity index is 493. The van der Waals surface area contributed by atoms with Crippen LogP contribution in [0.4, 0.5) is 14.9 Å². The number of nitrogens with two attached hydrogens (primary N) is 1. The van der Waals surface area contributed by atoms with Crippen LogP contribution in [0.3, 0.4) is 0 Å². The Morgan fingerprint density at radius 3 is 3.00 bits per heavy atom. The maximum absolute atomic E-state index is 13.3. The molecule has 0 saturated carbocycles. The van der Waals surface area contributed by atoms with Crippen molar-refractivity contribution in [3.05, 3.63) is 29.6 Å². The minimum Gasteiger partial charge on any atom is -0.453 e. The van der Waals surface area contributed by atoms with E-state index in [1.807, 2.05) is 6.92 Å². The number of amides is 1. The molecular weight excluding hydrogens is 261 g/mol. The topological polar surface area (TPSA) is 67.6 Å². The minimum absolute atomic E-state index is 0.0356. The number of hydrogen-bond donors (Lipinski definition) is 2. The zero-order valence-corrected chi connectivity index (χ0v) is 11.7. The monoisotopic (exact) mass is 281 g/mol. The number of benzene rings is 1. The Balaban J connectivity index is 2.12. The normalized spacial score (nSPS) is 19.8. The lowest BCUT2D eigenvalue weighted by atomic mass is 10.1. The zero-order valence-electron chi connectivity index (χ0n) is 11.7. The van der Waals surface area contributed by atoms with Gasteiger partial charge in [-0.25, -0.2) is 9.18 Å². The average molecular weight is 281 g/mol. The molecule has 3 N–H and O–H groups in total. The van der Waals surface area contributed by atoms with Gasteiger partial charge in [0.1, 0.15) is 5.82 Å². The van der Waals surface area contributed by atoms with Crippen LogP contribution in [0.25, 0.3) is 0 Å². The van der Waals surface area contributed by atoms with Gasteiger partial charge < -0.3 is 20.7 Å². The van der Waals surface area contributed by atoms with Crippen molar-refractivity contribution in [2.45, 2.75) is 25.4 Å². The maximum atomic E-state index is 13.3. The van der Waals surface area contributed by atoms with E-state index >= 15 is 0 Å². The predicted octanol–water partition coefficient (Wildman–Crippen LogP) is 1.78. The third kappa shape index (κ3) is 3.19. The molecule has 1 aliphatic rings. The molecule has 0 aromatic heterocycles. The molecule has 0 aliphatic carbocycles. The fraction of sp³-hybridized carbons (Fsp3) is 0.500. The van der Waals surface area contributed by atoms with Gasteiger partial charge in [0.25, 0.3) is 0 Å². The first kappa shape index (κ1) is 14.6. The van der Waals surface area contributed by atoms with E-state index in [4.69, 9.17) is 5.73 Å². The molecule has 0 bridgehead atoms. The number of nitrogens with zero attached hydrogens (tertiary/aromatic N) is 1. The van der Waals surface area contributed by atoms with Crippen molar-refractivity contribution in [1.82, 2.24) is 5.32 Å². The lowest BCUT2D eigenvalue weighted by Gasteiger charge is -2.23. The number of nitrogens with one attached hydrogen (secondary N) is 1. The quantitative estimate of drug-likeness (QED) is 0.886. The Kier molecular flexibility index (Phi) is 4.44. The van der Waals surface area contributed by atoms with Crippen molar-refractivity contribution in [2.24, 2.45) is 5.73 Å². The number of ether oxygens (including phenoxy) is 1. The molecule has 1 unspecified atom stereocenters. The number of carbonyl (C=O) groups is 1. The molecule has 1 saturated heterocycles. The fourth-order valence-electron chi connectivity index (χ4n) is 2.50. The molecule has 1 aliphatic heterocycles. The summed E-state index contributed by atoms with van der Waals surface area (Å²) in [4.78, 5) is 13.3. The Morgan fingerprint density at radius 2 is 2.35 bits per heavy atom. The fourth-order valence-corrected chi connectivity index (χ4v) is 2.50. The van der Waals surface area contributed by atoms with E-state index in [1.54, 1.807) is 6.07 Å². The number of carbonyl (C=O) groups excluding carboxylic acids is 1. The lowest BCUT2D eigenvalue weighted by Crippen LogP contribution is -2.37. The van der Waals surface area contributed by atoms with E-state index in [2.05, 4.69) is 15.0 Å². The molecule has 110 valence electrons. The number of hydrogen-bond acceptors (Lipinski definition) is 4. The second-order valence-corrected chi connectivity index (χ2v) is 5.06. The lowest BCUT2D eigenvalue weighted by molar-refractivity contribution is 0.167. The molecule has 6 heteroatoms. The van der Waals surface area contributed by atoms with Crippen molar-refractivity contribution in [3.63, 3.8) is 0 Å². The zero-order chi connectivity index (χ0) is 14.7. The van der Waals surface area contributed by atoms with Crippen molar-refractivity contribution in [3.8, 4) is 0 Å². The van der Waals surface area contributed by atoms with E-state index in [0.717, 1.165) is 24.2 Å². The van der Waals surface area contributed by atoms with Gasteiger partial charge in [0, 0.05) is 24.8 Å². The van der Waals surface area contributed by atoms with Gasteiger partial charge in [-0.2, -0.15) is 0 Å². The van der Waals surface area contributed by atoms with Gasteiger partial charge in [-0.05, 0) is 37.1 Å². The van der Waals surface area contributed by atoms with Crippen LogP contribution in [0.5, 0.6) is 0 Å². The first-order valence-electron chi connectivity index (χ1n) is 6.65. The summed E-state index contributed by atoms with van der Waals surface area (Å²) in [5.74, 6) is -0.288. The van der Waals surface area contributed by atoms with Crippen LogP contribution in [-0.4, -0.2) is 32.3 Å². The number of alkyl carbamates (subject to hydrolysis) is 1. The van der Waals surface area contributed by atoms with Gasteiger partial charge in [0.2, 0.25) is 0 Å². The summed E-state index contributed by atoms with van der Waals surface area (Å²) >= 11 is 0. The second kappa shape index (κ2) is 6.09. The van der Waals surface area contributed by atoms with Gasteiger partial charge in [0.05, 0.1) is 13.2 Å². The smallest absolute Gasteiger partial charge is 0.407 e. The van der Waals surface area contributed by atoms with Crippen LogP contribution in [0.2, 0.25) is 0 Å². The molecule has 2 rings (SSSR count). The van der Waals surface area contributed by atoms with E-state index in [1.165, 1.54) is 19.2 Å². The predicted molar refractivity (Wildman–Crippen MR) is 75.2 cm³/mol. The Hall–Kier alpha value is -1.82. The number of methoxy groups -OCH3 is 1. The molecule has 1 amide bonds. The van der Waals surface area contributed by atoms with Gasteiger partial charge >= 0.3 is 6.09 Å². The van der Waals surface area contributed by atoms with Gasteiger partial charge in [-0.1, -0.05) is 0 Å². The van der Waals surface area contributed by atoms with Gasteiger partial charge in [0.15, 0.2) is 0 Å². The molecular formula is C14H20FN3O2. The summed E-state index contributed by atoms with van der Waals surface area (Å²) in [7, 11) is 1.34. The summed E-state index contributed by atoms with van der Waals surface area (Å²) < 4.78 is 17.9. The highest BCUT2D eigenvalue weighted by Gasteiger charge is 2.26. The molecule has 5 nitrogen and oxygen atoms in total. The molecule has 0 spiro atoms. The average Bonchev–Trinajstić information content (AvgIpc) is 2.86. The molecule has 1 aromatic rings.